The Bertz CT molecular complexity index is 175. The Balaban J connectivity index is 3.82. The van der Waals surface area contributed by atoms with Gasteiger partial charge in [-0.15, -0.1) is 5.17 Å². The van der Waals surface area contributed by atoms with Crippen LogP contribution in [0.3, 0.4) is 0 Å². The van der Waals surface area contributed by atoms with E-state index in [1.54, 1.807) is 20.8 Å². The highest BCUT2D eigenvalue weighted by Crippen LogP contribution is 2.06. The number of ether oxygens (including phenoxy) is 1. The molecule has 0 bridgehead atoms. The zero-order valence-electron chi connectivity index (χ0n) is 7.37. The average Bonchev–Trinajstić information content (AvgIpc) is 1.82. The summed E-state index contributed by atoms with van der Waals surface area (Å²) >= 11 is 0. The molecule has 0 fully saturated rings. The second-order valence-electron chi connectivity index (χ2n) is 3.22. The summed E-state index contributed by atoms with van der Waals surface area (Å²) in [5.74, 6) is -0.624. The van der Waals surface area contributed by atoms with Gasteiger partial charge in [-0.05, 0) is 20.8 Å². The van der Waals surface area contributed by atoms with Crippen molar-refractivity contribution in [2.24, 2.45) is 5.22 Å². The van der Waals surface area contributed by atoms with Gasteiger partial charge in [0.25, 0.3) is 0 Å². The van der Waals surface area contributed by atoms with Crippen molar-refractivity contribution in [2.45, 2.75) is 26.4 Å². The van der Waals surface area contributed by atoms with Crippen molar-refractivity contribution in [1.29, 1.82) is 5.53 Å². The molecule has 0 spiro atoms. The third-order valence-corrected chi connectivity index (χ3v) is 0.806. The summed E-state index contributed by atoms with van der Waals surface area (Å²) in [6.07, 6.45) is 0. The Morgan fingerprint density at radius 2 is 2.17 bits per heavy atom. The summed E-state index contributed by atoms with van der Waals surface area (Å²) < 4.78 is 4.83. The standard InChI is InChI=1S/C6H13N3O3/c1-6(2,3)12-5(10)4-9(11)8-7/h7,11H,4H2,1-3H3. The highest BCUT2D eigenvalue weighted by atomic mass is 16.6. The number of hydrogen-bond acceptors (Lipinski definition) is 5. The van der Waals surface area contributed by atoms with Crippen LogP contribution in [0.25, 0.3) is 0 Å². The first-order valence-electron chi connectivity index (χ1n) is 3.41. The van der Waals surface area contributed by atoms with Crippen LogP contribution in [0.2, 0.25) is 0 Å². The van der Waals surface area contributed by atoms with E-state index in [0.29, 0.717) is 0 Å². The molecule has 12 heavy (non-hydrogen) atoms. The number of carbonyl (C=O) groups excluding carboxylic acids is 1. The molecule has 0 aromatic heterocycles. The average molecular weight is 175 g/mol. The molecule has 70 valence electrons. The summed E-state index contributed by atoms with van der Waals surface area (Å²) in [4.78, 5) is 10.9. The lowest BCUT2D eigenvalue weighted by molar-refractivity contribution is -0.171. The fraction of sp³-hybridized carbons (Fsp3) is 0.833. The van der Waals surface area contributed by atoms with Gasteiger partial charge in [-0.1, -0.05) is 5.22 Å². The molecule has 0 aliphatic rings. The van der Waals surface area contributed by atoms with Gasteiger partial charge in [0.15, 0.2) is 6.54 Å². The summed E-state index contributed by atoms with van der Waals surface area (Å²) in [5, 5.41) is 11.4. The zero-order chi connectivity index (χ0) is 9.78. The van der Waals surface area contributed by atoms with E-state index in [9.17, 15) is 4.79 Å². The van der Waals surface area contributed by atoms with Crippen LogP contribution in [-0.2, 0) is 9.53 Å². The van der Waals surface area contributed by atoms with Crippen molar-refractivity contribution >= 4 is 5.97 Å². The molecule has 0 unspecified atom stereocenters. The Morgan fingerprint density at radius 1 is 1.67 bits per heavy atom. The van der Waals surface area contributed by atoms with Crippen LogP contribution in [0, 0.1) is 5.53 Å². The number of esters is 1. The van der Waals surface area contributed by atoms with Crippen molar-refractivity contribution in [2.75, 3.05) is 6.54 Å². The van der Waals surface area contributed by atoms with Crippen molar-refractivity contribution in [1.82, 2.24) is 5.17 Å². The third kappa shape index (κ3) is 5.60. The predicted molar refractivity (Wildman–Crippen MR) is 39.5 cm³/mol. The summed E-state index contributed by atoms with van der Waals surface area (Å²) in [6.45, 7) is 4.71. The maximum atomic E-state index is 10.9. The topological polar surface area (TPSA) is 86.0 Å². The van der Waals surface area contributed by atoms with Crippen LogP contribution in [0.15, 0.2) is 5.22 Å². The Morgan fingerprint density at radius 3 is 2.50 bits per heavy atom. The number of rotatable bonds is 3. The van der Waals surface area contributed by atoms with Crippen LogP contribution in [0.5, 0.6) is 0 Å². The van der Waals surface area contributed by atoms with Crippen molar-refractivity contribution < 1.29 is 14.7 Å². The van der Waals surface area contributed by atoms with Crippen LogP contribution in [0.1, 0.15) is 20.8 Å². The summed E-state index contributed by atoms with van der Waals surface area (Å²) in [7, 11) is 0. The van der Waals surface area contributed by atoms with Crippen LogP contribution < -0.4 is 0 Å². The highest BCUT2D eigenvalue weighted by molar-refractivity contribution is 5.71. The van der Waals surface area contributed by atoms with Gasteiger partial charge < -0.3 is 4.74 Å². The smallest absolute Gasteiger partial charge is 0.330 e. The van der Waals surface area contributed by atoms with E-state index >= 15 is 0 Å². The summed E-state index contributed by atoms with van der Waals surface area (Å²) in [5.41, 5.74) is 5.74. The van der Waals surface area contributed by atoms with E-state index in [2.05, 4.69) is 5.22 Å². The monoisotopic (exact) mass is 175 g/mol. The molecule has 0 aliphatic heterocycles. The van der Waals surface area contributed by atoms with E-state index in [0.717, 1.165) is 0 Å². The molecule has 0 heterocycles. The molecular formula is C6H13N3O3. The first-order chi connectivity index (χ1) is 5.35. The van der Waals surface area contributed by atoms with Gasteiger partial charge in [-0.3, -0.25) is 5.21 Å². The van der Waals surface area contributed by atoms with E-state index in [1.165, 1.54) is 0 Å². The minimum atomic E-state index is -0.624. The maximum Gasteiger partial charge on any atom is 0.330 e. The Hall–Kier alpha value is -1.17. The lowest BCUT2D eigenvalue weighted by Gasteiger charge is -2.20. The third-order valence-electron chi connectivity index (χ3n) is 0.806. The fourth-order valence-electron chi connectivity index (χ4n) is 0.525. The van der Waals surface area contributed by atoms with Crippen LogP contribution in [0.4, 0.5) is 0 Å². The largest absolute Gasteiger partial charge is 0.459 e. The zero-order valence-corrected chi connectivity index (χ0v) is 7.37. The van der Waals surface area contributed by atoms with E-state index in [1.807, 2.05) is 0 Å². The maximum absolute atomic E-state index is 10.9. The van der Waals surface area contributed by atoms with Gasteiger partial charge in [-0.25, -0.2) is 4.79 Å². The number of hydroxylamine groups is 1. The molecule has 6 nitrogen and oxygen atoms in total. The van der Waals surface area contributed by atoms with Crippen molar-refractivity contribution in [3.05, 3.63) is 0 Å². The lowest BCUT2D eigenvalue weighted by atomic mass is 10.2. The van der Waals surface area contributed by atoms with Gasteiger partial charge in [-0.2, -0.15) is 5.53 Å². The second-order valence-corrected chi connectivity index (χ2v) is 3.22. The van der Waals surface area contributed by atoms with Gasteiger partial charge in [0.2, 0.25) is 0 Å². The highest BCUT2D eigenvalue weighted by Gasteiger charge is 2.17. The molecule has 0 aliphatic carbocycles. The molecule has 0 rings (SSSR count). The molecule has 0 radical (unpaired) electrons. The predicted octanol–water partition coefficient (Wildman–Crippen LogP) is 0.965. The Labute approximate surface area is 70.6 Å². The van der Waals surface area contributed by atoms with Gasteiger partial charge in [0.05, 0.1) is 0 Å². The molecule has 0 aromatic rings. The molecule has 2 N–H and O–H groups in total. The second kappa shape index (κ2) is 4.01. The first kappa shape index (κ1) is 10.8. The SMILES string of the molecule is CC(C)(C)OC(=O)CN(O)N=N. The fourth-order valence-corrected chi connectivity index (χ4v) is 0.525. The normalized spacial score (nSPS) is 10.7. The first-order valence-corrected chi connectivity index (χ1v) is 3.41. The number of nitrogens with one attached hydrogen (secondary N) is 1. The van der Waals surface area contributed by atoms with Crippen LogP contribution >= 0.6 is 0 Å². The Kier molecular flexibility index (Phi) is 3.62. The van der Waals surface area contributed by atoms with E-state index in [4.69, 9.17) is 15.5 Å². The summed E-state index contributed by atoms with van der Waals surface area (Å²) in [6, 6.07) is 0. The molecule has 6 heteroatoms. The quantitative estimate of drug-likeness (QED) is 0.380. The molecular weight excluding hydrogens is 162 g/mol. The molecule has 0 saturated heterocycles. The van der Waals surface area contributed by atoms with Crippen LogP contribution in [-0.4, -0.2) is 28.5 Å². The van der Waals surface area contributed by atoms with E-state index < -0.39 is 18.1 Å². The minimum absolute atomic E-state index is 0.202. The number of nitrogens with zero attached hydrogens (tertiary/aromatic N) is 2. The molecule has 0 amide bonds. The number of carbonyl (C=O) groups is 1. The van der Waals surface area contributed by atoms with Gasteiger partial charge in [0.1, 0.15) is 5.60 Å². The van der Waals surface area contributed by atoms with Crippen molar-refractivity contribution in [3.8, 4) is 0 Å². The van der Waals surface area contributed by atoms with Gasteiger partial charge >= 0.3 is 5.97 Å². The molecule has 0 aromatic carbocycles. The molecule has 0 atom stereocenters. The molecule has 0 saturated carbocycles. The number of hydrogen-bond donors (Lipinski definition) is 2. The lowest BCUT2D eigenvalue weighted by Crippen LogP contribution is -2.30. The van der Waals surface area contributed by atoms with E-state index in [-0.39, 0.29) is 5.17 Å². The van der Waals surface area contributed by atoms with Crippen molar-refractivity contribution in [3.63, 3.8) is 0 Å². The van der Waals surface area contributed by atoms with Gasteiger partial charge in [0, 0.05) is 0 Å². The minimum Gasteiger partial charge on any atom is -0.459 e.